The molecular formula is C11H22N2O2. The lowest BCUT2D eigenvalue weighted by Crippen LogP contribution is -2.47. The number of hydrogen-bond donors (Lipinski definition) is 2. The van der Waals surface area contributed by atoms with Crippen molar-refractivity contribution in [2.75, 3.05) is 13.1 Å². The molecule has 1 fully saturated rings. The molecule has 0 radical (unpaired) electrons. The summed E-state index contributed by atoms with van der Waals surface area (Å²) in [6.45, 7) is 9.10. The van der Waals surface area contributed by atoms with Crippen molar-refractivity contribution >= 4 is 6.03 Å². The van der Waals surface area contributed by atoms with E-state index in [2.05, 4.69) is 5.32 Å². The molecule has 4 heteroatoms. The van der Waals surface area contributed by atoms with E-state index in [0.29, 0.717) is 6.54 Å². The van der Waals surface area contributed by atoms with Crippen LogP contribution >= 0.6 is 0 Å². The molecule has 0 aromatic rings. The SMILES string of the molecule is CC(O)C1CCN(C(=O)NC(C)(C)C)C1. The number of amides is 2. The number of hydrogen-bond acceptors (Lipinski definition) is 2. The summed E-state index contributed by atoms with van der Waals surface area (Å²) in [6, 6.07) is -0.0225. The van der Waals surface area contributed by atoms with E-state index in [1.54, 1.807) is 11.8 Å². The number of likely N-dealkylation sites (tertiary alicyclic amines) is 1. The highest BCUT2D eigenvalue weighted by Crippen LogP contribution is 2.19. The van der Waals surface area contributed by atoms with Gasteiger partial charge in [0.1, 0.15) is 0 Å². The molecule has 0 spiro atoms. The minimum absolute atomic E-state index is 0.0225. The number of carbonyl (C=O) groups is 1. The van der Waals surface area contributed by atoms with Gasteiger partial charge in [-0.2, -0.15) is 0 Å². The van der Waals surface area contributed by atoms with Gasteiger partial charge < -0.3 is 15.3 Å². The summed E-state index contributed by atoms with van der Waals surface area (Å²) >= 11 is 0. The van der Waals surface area contributed by atoms with Crippen molar-refractivity contribution in [3.05, 3.63) is 0 Å². The molecule has 2 N–H and O–H groups in total. The third-order valence-corrected chi connectivity index (χ3v) is 2.68. The molecule has 1 aliphatic heterocycles. The first-order valence-corrected chi connectivity index (χ1v) is 5.55. The Labute approximate surface area is 91.6 Å². The van der Waals surface area contributed by atoms with E-state index in [0.717, 1.165) is 13.0 Å². The van der Waals surface area contributed by atoms with E-state index in [4.69, 9.17) is 0 Å². The fraction of sp³-hybridized carbons (Fsp3) is 0.909. The second-order valence-electron chi connectivity index (χ2n) is 5.42. The van der Waals surface area contributed by atoms with Crippen LogP contribution in [-0.2, 0) is 0 Å². The predicted octanol–water partition coefficient (Wildman–Crippen LogP) is 1.20. The molecule has 0 aromatic heterocycles. The summed E-state index contributed by atoms with van der Waals surface area (Å²) in [6.07, 6.45) is 0.576. The van der Waals surface area contributed by atoms with Gasteiger partial charge in [0.2, 0.25) is 0 Å². The minimum atomic E-state index is -0.322. The lowest BCUT2D eigenvalue weighted by molar-refractivity contribution is 0.128. The van der Waals surface area contributed by atoms with Crippen LogP contribution in [0.2, 0.25) is 0 Å². The molecule has 1 saturated heterocycles. The van der Waals surface area contributed by atoms with Crippen LogP contribution in [0.4, 0.5) is 4.79 Å². The third-order valence-electron chi connectivity index (χ3n) is 2.68. The normalized spacial score (nSPS) is 24.1. The van der Waals surface area contributed by atoms with Crippen LogP contribution in [-0.4, -0.2) is 40.8 Å². The molecule has 0 saturated carbocycles. The van der Waals surface area contributed by atoms with Gasteiger partial charge in [-0.15, -0.1) is 0 Å². The highest BCUT2D eigenvalue weighted by molar-refractivity contribution is 5.75. The quantitative estimate of drug-likeness (QED) is 0.689. The van der Waals surface area contributed by atoms with E-state index in [9.17, 15) is 9.90 Å². The highest BCUT2D eigenvalue weighted by atomic mass is 16.3. The monoisotopic (exact) mass is 214 g/mol. The van der Waals surface area contributed by atoms with E-state index >= 15 is 0 Å². The van der Waals surface area contributed by atoms with Crippen molar-refractivity contribution in [2.45, 2.75) is 45.8 Å². The van der Waals surface area contributed by atoms with Crippen LogP contribution in [0.5, 0.6) is 0 Å². The molecule has 88 valence electrons. The molecule has 1 heterocycles. The van der Waals surface area contributed by atoms with Gasteiger partial charge in [-0.3, -0.25) is 0 Å². The number of carbonyl (C=O) groups excluding carboxylic acids is 1. The number of nitrogens with zero attached hydrogens (tertiary/aromatic N) is 1. The van der Waals surface area contributed by atoms with Crippen molar-refractivity contribution in [1.82, 2.24) is 10.2 Å². The molecule has 2 atom stereocenters. The molecule has 2 amide bonds. The molecule has 4 nitrogen and oxygen atoms in total. The van der Waals surface area contributed by atoms with Crippen LogP contribution in [0.3, 0.4) is 0 Å². The Morgan fingerprint density at radius 1 is 1.53 bits per heavy atom. The van der Waals surface area contributed by atoms with Gasteiger partial charge in [0, 0.05) is 24.5 Å². The standard InChI is InChI=1S/C11H22N2O2/c1-8(14)9-5-6-13(7-9)10(15)12-11(2,3)4/h8-9,14H,5-7H2,1-4H3,(H,12,15). The van der Waals surface area contributed by atoms with Crippen LogP contribution in [0, 0.1) is 5.92 Å². The van der Waals surface area contributed by atoms with Crippen LogP contribution in [0.1, 0.15) is 34.1 Å². The zero-order valence-electron chi connectivity index (χ0n) is 10.1. The molecular weight excluding hydrogens is 192 g/mol. The fourth-order valence-corrected chi connectivity index (χ4v) is 1.77. The van der Waals surface area contributed by atoms with Crippen molar-refractivity contribution in [2.24, 2.45) is 5.92 Å². The second kappa shape index (κ2) is 4.39. The number of urea groups is 1. The van der Waals surface area contributed by atoms with Gasteiger partial charge in [-0.1, -0.05) is 0 Å². The zero-order chi connectivity index (χ0) is 11.6. The maximum atomic E-state index is 11.8. The van der Waals surface area contributed by atoms with Gasteiger partial charge in [-0.05, 0) is 34.1 Å². The van der Waals surface area contributed by atoms with Gasteiger partial charge in [0.25, 0.3) is 0 Å². The first-order chi connectivity index (χ1) is 6.79. The zero-order valence-corrected chi connectivity index (χ0v) is 10.1. The molecule has 2 unspecified atom stereocenters. The first-order valence-electron chi connectivity index (χ1n) is 5.55. The van der Waals surface area contributed by atoms with E-state index in [-0.39, 0.29) is 23.6 Å². The summed E-state index contributed by atoms with van der Waals surface area (Å²) < 4.78 is 0. The van der Waals surface area contributed by atoms with Crippen LogP contribution < -0.4 is 5.32 Å². The van der Waals surface area contributed by atoms with E-state index in [1.807, 2.05) is 20.8 Å². The smallest absolute Gasteiger partial charge is 0.317 e. The molecule has 0 aliphatic carbocycles. The summed E-state index contributed by atoms with van der Waals surface area (Å²) in [5.74, 6) is 0.232. The van der Waals surface area contributed by atoms with E-state index in [1.165, 1.54) is 0 Å². The molecule has 1 aliphatic rings. The number of nitrogens with one attached hydrogen (secondary N) is 1. The van der Waals surface area contributed by atoms with E-state index < -0.39 is 0 Å². The number of aliphatic hydroxyl groups excluding tert-OH is 1. The van der Waals surface area contributed by atoms with Gasteiger partial charge in [-0.25, -0.2) is 4.79 Å². The molecule has 1 rings (SSSR count). The highest BCUT2D eigenvalue weighted by Gasteiger charge is 2.30. The average molecular weight is 214 g/mol. The minimum Gasteiger partial charge on any atom is -0.393 e. The maximum absolute atomic E-state index is 11.8. The predicted molar refractivity (Wildman–Crippen MR) is 59.6 cm³/mol. The molecule has 0 bridgehead atoms. The summed E-state index contributed by atoms with van der Waals surface area (Å²) in [4.78, 5) is 13.5. The van der Waals surface area contributed by atoms with Gasteiger partial charge in [0.05, 0.1) is 6.10 Å². The Bertz CT molecular complexity index is 233. The van der Waals surface area contributed by atoms with Crippen molar-refractivity contribution in [3.63, 3.8) is 0 Å². The Balaban J connectivity index is 2.44. The van der Waals surface area contributed by atoms with Crippen molar-refractivity contribution in [1.29, 1.82) is 0 Å². The van der Waals surface area contributed by atoms with Crippen molar-refractivity contribution < 1.29 is 9.90 Å². The lowest BCUT2D eigenvalue weighted by atomic mass is 10.0. The Morgan fingerprint density at radius 2 is 2.13 bits per heavy atom. The largest absolute Gasteiger partial charge is 0.393 e. The first kappa shape index (κ1) is 12.3. The summed E-state index contributed by atoms with van der Waals surface area (Å²) in [5, 5.41) is 12.4. The van der Waals surface area contributed by atoms with Crippen molar-refractivity contribution in [3.8, 4) is 0 Å². The molecule has 15 heavy (non-hydrogen) atoms. The van der Waals surface area contributed by atoms with Gasteiger partial charge in [0.15, 0.2) is 0 Å². The third kappa shape index (κ3) is 3.70. The second-order valence-corrected chi connectivity index (χ2v) is 5.42. The molecule has 0 aromatic carbocycles. The maximum Gasteiger partial charge on any atom is 0.317 e. The number of aliphatic hydroxyl groups is 1. The van der Waals surface area contributed by atoms with Gasteiger partial charge >= 0.3 is 6.03 Å². The van der Waals surface area contributed by atoms with Crippen LogP contribution in [0.15, 0.2) is 0 Å². The Kier molecular flexibility index (Phi) is 3.60. The summed E-state index contributed by atoms with van der Waals surface area (Å²) in [7, 11) is 0. The Hall–Kier alpha value is -0.770. The number of rotatable bonds is 1. The van der Waals surface area contributed by atoms with Crippen LogP contribution in [0.25, 0.3) is 0 Å². The fourth-order valence-electron chi connectivity index (χ4n) is 1.77. The average Bonchev–Trinajstić information content (AvgIpc) is 2.47. The Morgan fingerprint density at radius 3 is 2.53 bits per heavy atom. The topological polar surface area (TPSA) is 52.6 Å². The summed E-state index contributed by atoms with van der Waals surface area (Å²) in [5.41, 5.74) is -0.194. The lowest BCUT2D eigenvalue weighted by Gasteiger charge is -2.25.